The molecule has 0 spiro atoms. The number of methoxy groups -OCH3 is 1. The SMILES string of the molecule is C=CCn1c(C)cc(C(=O)COC(=O)/C=C/c2ccc(OC)c(F)c2)c1C. The Hall–Kier alpha value is -3.15. The standard InChI is InChI=1S/C21H22FNO4/c1-5-10-23-14(2)11-17(15(23)3)19(24)13-27-21(25)9-7-16-6-8-20(26-4)18(22)12-16/h5-9,11-12H,1,10,13H2,2-4H3/b9-7+. The number of hydrogen-bond donors (Lipinski definition) is 0. The predicted molar refractivity (Wildman–Crippen MR) is 101 cm³/mol. The molecule has 0 N–H and O–H groups in total. The third kappa shape index (κ3) is 4.94. The number of allylic oxidation sites excluding steroid dienone is 1. The number of carbonyl (C=O) groups excluding carboxylic acids is 2. The number of esters is 1. The van der Waals surface area contributed by atoms with Gasteiger partial charge in [-0.05, 0) is 43.7 Å². The summed E-state index contributed by atoms with van der Waals surface area (Å²) >= 11 is 0. The first-order valence-corrected chi connectivity index (χ1v) is 8.36. The molecule has 1 aromatic heterocycles. The second kappa shape index (κ2) is 8.98. The van der Waals surface area contributed by atoms with Crippen LogP contribution in [0.5, 0.6) is 5.75 Å². The number of ketones is 1. The van der Waals surface area contributed by atoms with Gasteiger partial charge in [-0.3, -0.25) is 4.79 Å². The fourth-order valence-corrected chi connectivity index (χ4v) is 2.71. The number of ether oxygens (including phenoxy) is 2. The minimum Gasteiger partial charge on any atom is -0.494 e. The molecule has 0 aliphatic rings. The van der Waals surface area contributed by atoms with E-state index < -0.39 is 11.8 Å². The van der Waals surface area contributed by atoms with E-state index in [9.17, 15) is 14.0 Å². The summed E-state index contributed by atoms with van der Waals surface area (Å²) in [6.07, 6.45) is 4.31. The number of halogens is 1. The first kappa shape index (κ1) is 20.2. The molecule has 27 heavy (non-hydrogen) atoms. The number of aromatic nitrogens is 1. The van der Waals surface area contributed by atoms with Crippen molar-refractivity contribution in [3.63, 3.8) is 0 Å². The highest BCUT2D eigenvalue weighted by Crippen LogP contribution is 2.18. The van der Waals surface area contributed by atoms with Crippen molar-refractivity contribution < 1.29 is 23.5 Å². The Kier molecular flexibility index (Phi) is 6.71. The summed E-state index contributed by atoms with van der Waals surface area (Å²) in [5.74, 6) is -1.37. The van der Waals surface area contributed by atoms with E-state index in [2.05, 4.69) is 6.58 Å². The fourth-order valence-electron chi connectivity index (χ4n) is 2.71. The molecule has 0 radical (unpaired) electrons. The molecular formula is C21H22FNO4. The third-order valence-electron chi connectivity index (χ3n) is 4.12. The maximum atomic E-state index is 13.6. The van der Waals surface area contributed by atoms with E-state index in [1.807, 2.05) is 18.4 Å². The molecule has 1 heterocycles. The van der Waals surface area contributed by atoms with Gasteiger partial charge in [0.2, 0.25) is 5.78 Å². The van der Waals surface area contributed by atoms with Gasteiger partial charge in [0, 0.05) is 29.6 Å². The van der Waals surface area contributed by atoms with Crippen LogP contribution >= 0.6 is 0 Å². The van der Waals surface area contributed by atoms with Crippen molar-refractivity contribution in [2.75, 3.05) is 13.7 Å². The monoisotopic (exact) mass is 371 g/mol. The lowest BCUT2D eigenvalue weighted by Gasteiger charge is -2.06. The molecular weight excluding hydrogens is 349 g/mol. The summed E-state index contributed by atoms with van der Waals surface area (Å²) in [7, 11) is 1.37. The van der Waals surface area contributed by atoms with Crippen LogP contribution < -0.4 is 4.74 Å². The Morgan fingerprint density at radius 2 is 2.00 bits per heavy atom. The van der Waals surface area contributed by atoms with Gasteiger partial charge in [0.15, 0.2) is 18.2 Å². The van der Waals surface area contributed by atoms with Crippen LogP contribution in [-0.4, -0.2) is 30.0 Å². The summed E-state index contributed by atoms with van der Waals surface area (Å²) in [4.78, 5) is 24.1. The number of nitrogens with zero attached hydrogens (tertiary/aromatic N) is 1. The van der Waals surface area contributed by atoms with Gasteiger partial charge in [0.05, 0.1) is 7.11 Å². The highest BCUT2D eigenvalue weighted by Gasteiger charge is 2.16. The average molecular weight is 371 g/mol. The van der Waals surface area contributed by atoms with Crippen molar-refractivity contribution in [1.29, 1.82) is 0 Å². The highest BCUT2D eigenvalue weighted by molar-refractivity contribution is 6.00. The third-order valence-corrected chi connectivity index (χ3v) is 4.12. The predicted octanol–water partition coefficient (Wildman–Crippen LogP) is 3.88. The highest BCUT2D eigenvalue weighted by atomic mass is 19.1. The normalized spacial score (nSPS) is 10.8. The number of benzene rings is 1. The van der Waals surface area contributed by atoms with E-state index in [0.717, 1.165) is 17.5 Å². The van der Waals surface area contributed by atoms with Crippen LogP contribution in [0.25, 0.3) is 6.08 Å². The molecule has 0 unspecified atom stereocenters. The Balaban J connectivity index is 1.97. The molecule has 142 valence electrons. The van der Waals surface area contributed by atoms with Crippen LogP contribution in [0.4, 0.5) is 4.39 Å². The van der Waals surface area contributed by atoms with Crippen molar-refractivity contribution in [2.45, 2.75) is 20.4 Å². The molecule has 2 rings (SSSR count). The Bertz CT molecular complexity index is 896. The van der Waals surface area contributed by atoms with Crippen LogP contribution in [0.2, 0.25) is 0 Å². The van der Waals surface area contributed by atoms with Crippen molar-refractivity contribution in [1.82, 2.24) is 4.57 Å². The van der Waals surface area contributed by atoms with Crippen LogP contribution in [0.1, 0.15) is 27.3 Å². The molecule has 0 saturated heterocycles. The molecule has 5 nitrogen and oxygen atoms in total. The van der Waals surface area contributed by atoms with Gasteiger partial charge in [-0.1, -0.05) is 12.1 Å². The zero-order chi connectivity index (χ0) is 20.0. The average Bonchev–Trinajstić information content (AvgIpc) is 2.93. The van der Waals surface area contributed by atoms with E-state index >= 15 is 0 Å². The molecule has 1 aromatic carbocycles. The summed E-state index contributed by atoms with van der Waals surface area (Å²) < 4.78 is 25.4. The lowest BCUT2D eigenvalue weighted by atomic mass is 10.1. The summed E-state index contributed by atoms with van der Waals surface area (Å²) in [5, 5.41) is 0. The molecule has 0 atom stereocenters. The summed E-state index contributed by atoms with van der Waals surface area (Å²) in [6, 6.07) is 6.07. The van der Waals surface area contributed by atoms with Crippen LogP contribution in [-0.2, 0) is 16.1 Å². The number of carbonyl (C=O) groups is 2. The van der Waals surface area contributed by atoms with Crippen molar-refractivity contribution in [3.05, 3.63) is 71.3 Å². The molecule has 0 bridgehead atoms. The van der Waals surface area contributed by atoms with Gasteiger partial charge >= 0.3 is 5.97 Å². The van der Waals surface area contributed by atoms with Crippen molar-refractivity contribution in [2.24, 2.45) is 0 Å². The number of rotatable bonds is 8. The second-order valence-corrected chi connectivity index (χ2v) is 5.94. The Morgan fingerprint density at radius 3 is 2.63 bits per heavy atom. The number of Topliss-reactive ketones (excluding diaryl/α,β-unsaturated/α-hetero) is 1. The summed E-state index contributed by atoms with van der Waals surface area (Å²) in [5.41, 5.74) is 2.73. The zero-order valence-corrected chi connectivity index (χ0v) is 15.6. The molecule has 0 saturated carbocycles. The molecule has 0 aliphatic heterocycles. The van der Waals surface area contributed by atoms with E-state index in [1.54, 1.807) is 18.2 Å². The molecule has 0 aliphatic carbocycles. The van der Waals surface area contributed by atoms with E-state index in [-0.39, 0.29) is 18.1 Å². The van der Waals surface area contributed by atoms with Gasteiger partial charge in [0.1, 0.15) is 0 Å². The smallest absolute Gasteiger partial charge is 0.331 e. The molecule has 6 heteroatoms. The van der Waals surface area contributed by atoms with E-state index in [4.69, 9.17) is 9.47 Å². The van der Waals surface area contributed by atoms with Crippen molar-refractivity contribution >= 4 is 17.8 Å². The second-order valence-electron chi connectivity index (χ2n) is 5.94. The summed E-state index contributed by atoms with van der Waals surface area (Å²) in [6.45, 7) is 7.68. The van der Waals surface area contributed by atoms with Crippen LogP contribution in [0.15, 0.2) is 43.0 Å². The lowest BCUT2D eigenvalue weighted by molar-refractivity contribution is -0.136. The van der Waals surface area contributed by atoms with Gasteiger partial charge in [0.25, 0.3) is 0 Å². The Morgan fingerprint density at radius 1 is 1.26 bits per heavy atom. The maximum absolute atomic E-state index is 13.6. The first-order chi connectivity index (χ1) is 12.9. The Labute approximate surface area is 157 Å². The molecule has 0 fully saturated rings. The fraction of sp³-hybridized carbons (Fsp3) is 0.238. The molecule has 0 amide bonds. The number of aryl methyl sites for hydroxylation is 1. The minimum atomic E-state index is -0.681. The van der Waals surface area contributed by atoms with Crippen molar-refractivity contribution in [3.8, 4) is 5.75 Å². The van der Waals surface area contributed by atoms with Gasteiger partial charge in [-0.15, -0.1) is 6.58 Å². The van der Waals surface area contributed by atoms with E-state index in [0.29, 0.717) is 17.7 Å². The van der Waals surface area contributed by atoms with Crippen LogP contribution in [0, 0.1) is 19.7 Å². The largest absolute Gasteiger partial charge is 0.494 e. The first-order valence-electron chi connectivity index (χ1n) is 8.36. The van der Waals surface area contributed by atoms with Crippen LogP contribution in [0.3, 0.4) is 0 Å². The number of hydrogen-bond acceptors (Lipinski definition) is 4. The van der Waals surface area contributed by atoms with Gasteiger partial charge in [-0.2, -0.15) is 0 Å². The lowest BCUT2D eigenvalue weighted by Crippen LogP contribution is -2.13. The topological polar surface area (TPSA) is 57.5 Å². The van der Waals surface area contributed by atoms with Gasteiger partial charge in [-0.25, -0.2) is 9.18 Å². The zero-order valence-electron chi connectivity index (χ0n) is 15.6. The molecule has 2 aromatic rings. The maximum Gasteiger partial charge on any atom is 0.331 e. The van der Waals surface area contributed by atoms with E-state index in [1.165, 1.54) is 25.3 Å². The van der Waals surface area contributed by atoms with Gasteiger partial charge < -0.3 is 14.0 Å². The quantitative estimate of drug-likeness (QED) is 0.306. The minimum absolute atomic E-state index is 0.120.